The van der Waals surface area contributed by atoms with Gasteiger partial charge in [-0.05, 0) is 11.3 Å². The Morgan fingerprint density at radius 3 is 2.21 bits per heavy atom. The Balaban J connectivity index is 2.83. The summed E-state index contributed by atoms with van der Waals surface area (Å²) >= 11 is 6.07. The molecule has 108 valence electrons. The Hall–Kier alpha value is -0.830. The van der Waals surface area contributed by atoms with Crippen molar-refractivity contribution in [1.29, 1.82) is 0 Å². The summed E-state index contributed by atoms with van der Waals surface area (Å²) in [5.41, 5.74) is 0.174. The van der Waals surface area contributed by atoms with Crippen LogP contribution < -0.4 is 5.32 Å². The standard InChI is InChI=1S/C15H26ClN3/c1-10(14(2,3)4)9-17-12-8-11(16)18-13(19-12)15(5,6)7/h8,10H,9H2,1-7H3,(H,17,18,19). The van der Waals surface area contributed by atoms with E-state index >= 15 is 0 Å². The maximum atomic E-state index is 6.07. The molecule has 0 saturated carbocycles. The maximum Gasteiger partial charge on any atom is 0.137 e. The molecule has 0 spiro atoms. The third-order valence-corrected chi connectivity index (χ3v) is 3.63. The van der Waals surface area contributed by atoms with Crippen molar-refractivity contribution in [2.24, 2.45) is 11.3 Å². The molecule has 4 heteroatoms. The molecule has 1 unspecified atom stereocenters. The Morgan fingerprint density at radius 1 is 1.16 bits per heavy atom. The number of nitrogens with one attached hydrogen (secondary N) is 1. The van der Waals surface area contributed by atoms with E-state index in [1.54, 1.807) is 6.07 Å². The molecule has 3 nitrogen and oxygen atoms in total. The van der Waals surface area contributed by atoms with Crippen molar-refractivity contribution in [3.8, 4) is 0 Å². The lowest BCUT2D eigenvalue weighted by Gasteiger charge is -2.27. The normalized spacial score (nSPS) is 14.3. The van der Waals surface area contributed by atoms with Crippen molar-refractivity contribution < 1.29 is 0 Å². The minimum atomic E-state index is -0.100. The van der Waals surface area contributed by atoms with Gasteiger partial charge in [0.15, 0.2) is 0 Å². The van der Waals surface area contributed by atoms with Gasteiger partial charge in [0.2, 0.25) is 0 Å². The van der Waals surface area contributed by atoms with Crippen molar-refractivity contribution >= 4 is 17.4 Å². The third-order valence-electron chi connectivity index (χ3n) is 3.43. The topological polar surface area (TPSA) is 37.8 Å². The molecule has 1 rings (SSSR count). The van der Waals surface area contributed by atoms with Crippen LogP contribution in [0.5, 0.6) is 0 Å². The van der Waals surface area contributed by atoms with Crippen molar-refractivity contribution in [3.05, 3.63) is 17.0 Å². The lowest BCUT2D eigenvalue weighted by Crippen LogP contribution is -2.25. The zero-order chi connectivity index (χ0) is 14.8. The highest BCUT2D eigenvalue weighted by atomic mass is 35.5. The molecular weight excluding hydrogens is 258 g/mol. The molecule has 0 amide bonds. The molecule has 1 aromatic rings. The van der Waals surface area contributed by atoms with Gasteiger partial charge in [-0.15, -0.1) is 0 Å². The quantitative estimate of drug-likeness (QED) is 0.829. The van der Waals surface area contributed by atoms with E-state index in [1.165, 1.54) is 0 Å². The van der Waals surface area contributed by atoms with E-state index in [0.29, 0.717) is 11.1 Å². The van der Waals surface area contributed by atoms with Crippen LogP contribution in [0.4, 0.5) is 5.82 Å². The summed E-state index contributed by atoms with van der Waals surface area (Å²) in [6.07, 6.45) is 0. The van der Waals surface area contributed by atoms with E-state index < -0.39 is 0 Å². The molecule has 0 aliphatic rings. The van der Waals surface area contributed by atoms with Gasteiger partial charge < -0.3 is 5.32 Å². The number of hydrogen-bond donors (Lipinski definition) is 1. The van der Waals surface area contributed by atoms with Gasteiger partial charge in [-0.3, -0.25) is 0 Å². The molecule has 0 fully saturated rings. The Kier molecular flexibility index (Phi) is 4.83. The largest absolute Gasteiger partial charge is 0.370 e. The van der Waals surface area contributed by atoms with Crippen LogP contribution in [0.1, 0.15) is 54.3 Å². The van der Waals surface area contributed by atoms with Crippen LogP contribution in [0, 0.1) is 11.3 Å². The number of anilines is 1. The van der Waals surface area contributed by atoms with E-state index in [9.17, 15) is 0 Å². The van der Waals surface area contributed by atoms with E-state index in [1.807, 2.05) is 0 Å². The zero-order valence-electron chi connectivity index (χ0n) is 13.1. The Labute approximate surface area is 122 Å². The molecule has 0 saturated heterocycles. The number of hydrogen-bond acceptors (Lipinski definition) is 3. The molecule has 1 heterocycles. The van der Waals surface area contributed by atoms with Crippen molar-refractivity contribution in [2.75, 3.05) is 11.9 Å². The van der Waals surface area contributed by atoms with Gasteiger partial charge in [-0.25, -0.2) is 9.97 Å². The summed E-state index contributed by atoms with van der Waals surface area (Å²) in [4.78, 5) is 8.85. The average Bonchev–Trinajstić information content (AvgIpc) is 2.22. The second-order valence-electron chi connectivity index (χ2n) is 7.30. The van der Waals surface area contributed by atoms with Gasteiger partial charge in [0, 0.05) is 18.0 Å². The second kappa shape index (κ2) is 5.66. The van der Waals surface area contributed by atoms with Crippen molar-refractivity contribution in [2.45, 2.75) is 53.9 Å². The highest BCUT2D eigenvalue weighted by Gasteiger charge is 2.21. The van der Waals surface area contributed by atoms with Crippen molar-refractivity contribution in [1.82, 2.24) is 9.97 Å². The lowest BCUT2D eigenvalue weighted by molar-refractivity contribution is 0.274. The Morgan fingerprint density at radius 2 is 1.74 bits per heavy atom. The van der Waals surface area contributed by atoms with Crippen LogP contribution in [-0.4, -0.2) is 16.5 Å². The molecule has 0 radical (unpaired) electrons. The first-order chi connectivity index (χ1) is 8.50. The number of halogens is 1. The summed E-state index contributed by atoms with van der Waals surface area (Å²) in [5.74, 6) is 2.12. The highest BCUT2D eigenvalue weighted by Crippen LogP contribution is 2.26. The van der Waals surface area contributed by atoms with Gasteiger partial charge in [0.1, 0.15) is 16.8 Å². The van der Waals surface area contributed by atoms with Gasteiger partial charge >= 0.3 is 0 Å². The molecule has 1 N–H and O–H groups in total. The molecule has 0 aliphatic heterocycles. The SMILES string of the molecule is CC(CNc1cc(Cl)nc(C(C)(C)C)n1)C(C)(C)C. The van der Waals surface area contributed by atoms with E-state index in [4.69, 9.17) is 11.6 Å². The van der Waals surface area contributed by atoms with Crippen LogP contribution >= 0.6 is 11.6 Å². The van der Waals surface area contributed by atoms with Crippen LogP contribution in [-0.2, 0) is 5.41 Å². The molecule has 1 atom stereocenters. The van der Waals surface area contributed by atoms with Gasteiger partial charge in [-0.2, -0.15) is 0 Å². The zero-order valence-corrected chi connectivity index (χ0v) is 13.9. The number of nitrogens with zero attached hydrogens (tertiary/aromatic N) is 2. The monoisotopic (exact) mass is 283 g/mol. The second-order valence-corrected chi connectivity index (χ2v) is 7.68. The molecule has 0 bridgehead atoms. The van der Waals surface area contributed by atoms with Gasteiger partial charge in [0.05, 0.1) is 0 Å². The molecular formula is C15H26ClN3. The van der Waals surface area contributed by atoms with Crippen molar-refractivity contribution in [3.63, 3.8) is 0 Å². The van der Waals surface area contributed by atoms with Gasteiger partial charge in [-0.1, -0.05) is 60.1 Å². The van der Waals surface area contributed by atoms with Crippen LogP contribution in [0.25, 0.3) is 0 Å². The van der Waals surface area contributed by atoms with Crippen LogP contribution in [0.3, 0.4) is 0 Å². The number of rotatable bonds is 3. The summed E-state index contributed by atoms with van der Waals surface area (Å²) in [7, 11) is 0. The average molecular weight is 284 g/mol. The third kappa shape index (κ3) is 4.98. The lowest BCUT2D eigenvalue weighted by atomic mass is 9.82. The summed E-state index contributed by atoms with van der Waals surface area (Å²) in [6.45, 7) is 16.1. The fraction of sp³-hybridized carbons (Fsp3) is 0.733. The molecule has 19 heavy (non-hydrogen) atoms. The minimum Gasteiger partial charge on any atom is -0.370 e. The summed E-state index contributed by atoms with van der Waals surface area (Å²) in [5, 5.41) is 3.86. The van der Waals surface area contributed by atoms with E-state index in [2.05, 4.69) is 63.8 Å². The predicted octanol–water partition coefficient (Wildman–Crippen LogP) is 4.52. The van der Waals surface area contributed by atoms with Crippen LogP contribution in [0.2, 0.25) is 5.15 Å². The Bertz CT molecular complexity index is 430. The number of aromatic nitrogens is 2. The summed E-state index contributed by atoms with van der Waals surface area (Å²) < 4.78 is 0. The smallest absolute Gasteiger partial charge is 0.137 e. The first-order valence-electron chi connectivity index (χ1n) is 6.79. The van der Waals surface area contributed by atoms with Crippen LogP contribution in [0.15, 0.2) is 6.07 Å². The van der Waals surface area contributed by atoms with E-state index in [-0.39, 0.29) is 10.8 Å². The summed E-state index contributed by atoms with van der Waals surface area (Å²) in [6, 6.07) is 1.78. The fourth-order valence-electron chi connectivity index (χ4n) is 1.41. The van der Waals surface area contributed by atoms with Gasteiger partial charge in [0.25, 0.3) is 0 Å². The van der Waals surface area contributed by atoms with E-state index in [0.717, 1.165) is 18.2 Å². The molecule has 0 aromatic carbocycles. The molecule has 0 aliphatic carbocycles. The first-order valence-corrected chi connectivity index (χ1v) is 7.17. The highest BCUT2D eigenvalue weighted by molar-refractivity contribution is 6.29. The minimum absolute atomic E-state index is 0.100. The first kappa shape index (κ1) is 16.2. The predicted molar refractivity (Wildman–Crippen MR) is 82.9 cm³/mol. The fourth-order valence-corrected chi connectivity index (χ4v) is 1.59. The molecule has 1 aromatic heterocycles. The maximum absolute atomic E-state index is 6.07.